The monoisotopic (exact) mass is 319 g/mol. The number of hydrogen-bond donors (Lipinski definition) is 2. The summed E-state index contributed by atoms with van der Waals surface area (Å²) in [5, 5.41) is 7.01. The second-order valence-corrected chi connectivity index (χ2v) is 5.40. The Labute approximate surface area is 138 Å². The minimum absolute atomic E-state index is 0.0157. The zero-order valence-corrected chi connectivity index (χ0v) is 13.2. The molecule has 0 aliphatic heterocycles. The average Bonchev–Trinajstić information content (AvgIpc) is 2.88. The number of rotatable bonds is 4. The Morgan fingerprint density at radius 3 is 2.42 bits per heavy atom. The van der Waals surface area contributed by atoms with Crippen LogP contribution in [-0.4, -0.2) is 15.6 Å². The lowest BCUT2D eigenvalue weighted by Gasteiger charge is -2.01. The van der Waals surface area contributed by atoms with Crippen LogP contribution in [0.4, 0.5) is 5.69 Å². The maximum Gasteiger partial charge on any atom is 0.280 e. The van der Waals surface area contributed by atoms with Crippen molar-refractivity contribution in [2.45, 2.75) is 6.92 Å². The number of nitrogens with one attached hydrogen (secondary N) is 2. The van der Waals surface area contributed by atoms with Crippen LogP contribution in [0.3, 0.4) is 0 Å². The number of ketones is 1. The van der Waals surface area contributed by atoms with E-state index in [0.717, 1.165) is 11.4 Å². The van der Waals surface area contributed by atoms with Crippen LogP contribution >= 0.6 is 0 Å². The highest BCUT2D eigenvalue weighted by atomic mass is 16.1. The molecule has 1 aromatic heterocycles. The van der Waals surface area contributed by atoms with Gasteiger partial charge in [-0.2, -0.15) is 0 Å². The van der Waals surface area contributed by atoms with Crippen molar-refractivity contribution in [2.75, 3.05) is 5.32 Å². The number of benzene rings is 2. The van der Waals surface area contributed by atoms with Gasteiger partial charge in [-0.25, -0.2) is 4.68 Å². The second-order valence-electron chi connectivity index (χ2n) is 5.40. The number of anilines is 1. The van der Waals surface area contributed by atoms with Gasteiger partial charge in [-0.1, -0.05) is 24.8 Å². The van der Waals surface area contributed by atoms with Crippen LogP contribution in [-0.2, 0) is 0 Å². The van der Waals surface area contributed by atoms with Gasteiger partial charge in [0.15, 0.2) is 5.78 Å². The summed E-state index contributed by atoms with van der Waals surface area (Å²) in [5.74, 6) is 0.0157. The first-order chi connectivity index (χ1) is 11.6. The fourth-order valence-electron chi connectivity index (χ4n) is 2.36. The van der Waals surface area contributed by atoms with Crippen LogP contribution in [0.2, 0.25) is 0 Å². The van der Waals surface area contributed by atoms with Crippen molar-refractivity contribution in [1.82, 2.24) is 9.78 Å². The van der Waals surface area contributed by atoms with Crippen LogP contribution in [0.1, 0.15) is 17.3 Å². The molecular formula is C19H17N3O2. The van der Waals surface area contributed by atoms with E-state index in [9.17, 15) is 9.59 Å². The van der Waals surface area contributed by atoms with Gasteiger partial charge >= 0.3 is 0 Å². The van der Waals surface area contributed by atoms with Gasteiger partial charge in [0.05, 0.1) is 16.3 Å². The molecule has 0 fully saturated rings. The molecule has 2 N–H and O–H groups in total. The molecule has 0 saturated carbocycles. The van der Waals surface area contributed by atoms with Crippen LogP contribution < -0.4 is 21.4 Å². The first kappa shape index (κ1) is 15.6. The van der Waals surface area contributed by atoms with Crippen LogP contribution in [0, 0.1) is 0 Å². The van der Waals surface area contributed by atoms with Crippen molar-refractivity contribution in [1.29, 1.82) is 0 Å². The van der Waals surface area contributed by atoms with E-state index in [1.165, 1.54) is 11.6 Å². The maximum atomic E-state index is 12.5. The van der Waals surface area contributed by atoms with Gasteiger partial charge in [0.2, 0.25) is 0 Å². The zero-order chi connectivity index (χ0) is 17.1. The quantitative estimate of drug-likeness (QED) is 0.718. The second kappa shape index (κ2) is 6.42. The highest BCUT2D eigenvalue weighted by molar-refractivity contribution is 5.94. The van der Waals surface area contributed by atoms with Gasteiger partial charge in [-0.15, -0.1) is 0 Å². The van der Waals surface area contributed by atoms with E-state index < -0.39 is 0 Å². The summed E-state index contributed by atoms with van der Waals surface area (Å²) in [5.41, 5.74) is 2.00. The Kier molecular flexibility index (Phi) is 4.16. The summed E-state index contributed by atoms with van der Waals surface area (Å²) >= 11 is 0. The molecule has 0 bridgehead atoms. The largest absolute Gasteiger partial charge is 0.361 e. The molecule has 5 heteroatoms. The third kappa shape index (κ3) is 3.05. The summed E-state index contributed by atoms with van der Waals surface area (Å²) < 4.78 is 1.45. The van der Waals surface area contributed by atoms with Crippen LogP contribution in [0.5, 0.6) is 0 Å². The summed E-state index contributed by atoms with van der Waals surface area (Å²) in [4.78, 5) is 23.8. The molecule has 0 radical (unpaired) electrons. The van der Waals surface area contributed by atoms with Crippen molar-refractivity contribution in [2.24, 2.45) is 0 Å². The van der Waals surface area contributed by atoms with Crippen molar-refractivity contribution >= 4 is 24.2 Å². The van der Waals surface area contributed by atoms with E-state index in [1.54, 1.807) is 30.5 Å². The number of nitrogens with zero attached hydrogens (tertiary/aromatic N) is 1. The molecule has 0 spiro atoms. The molecule has 1 heterocycles. The number of carbonyl (C=O) groups is 1. The van der Waals surface area contributed by atoms with Gasteiger partial charge in [0.25, 0.3) is 5.56 Å². The van der Waals surface area contributed by atoms with E-state index in [1.807, 2.05) is 30.3 Å². The Bertz CT molecular complexity index is 1030. The lowest BCUT2D eigenvalue weighted by molar-refractivity contribution is 0.101. The maximum absolute atomic E-state index is 12.5. The molecule has 0 amide bonds. The molecule has 3 rings (SSSR count). The minimum Gasteiger partial charge on any atom is -0.361 e. The van der Waals surface area contributed by atoms with E-state index in [0.29, 0.717) is 16.1 Å². The zero-order valence-electron chi connectivity index (χ0n) is 13.2. The Morgan fingerprint density at radius 1 is 1.12 bits per heavy atom. The third-order valence-electron chi connectivity index (χ3n) is 3.69. The fraction of sp³-hybridized carbons (Fsp3) is 0.0526. The smallest absolute Gasteiger partial charge is 0.280 e. The van der Waals surface area contributed by atoms with Crippen molar-refractivity contribution < 1.29 is 4.79 Å². The lowest BCUT2D eigenvalue weighted by Crippen LogP contribution is -2.34. The number of aromatic amines is 1. The molecule has 0 aliphatic carbocycles. The molecule has 0 unspecified atom stereocenters. The number of carbonyl (C=O) groups excluding carboxylic acids is 1. The summed E-state index contributed by atoms with van der Waals surface area (Å²) in [6.07, 6.45) is 1.61. The van der Waals surface area contributed by atoms with E-state index >= 15 is 0 Å². The van der Waals surface area contributed by atoms with Crippen LogP contribution in [0.15, 0.2) is 59.4 Å². The number of Topliss-reactive ketones (excluding diaryl/α,β-unsaturated/α-hetero) is 1. The van der Waals surface area contributed by atoms with E-state index in [4.69, 9.17) is 0 Å². The lowest BCUT2D eigenvalue weighted by atomic mass is 10.1. The van der Waals surface area contributed by atoms with Gasteiger partial charge < -0.3 is 5.32 Å². The van der Waals surface area contributed by atoms with Crippen molar-refractivity contribution in [3.8, 4) is 5.69 Å². The Hall–Kier alpha value is -3.34. The molecular weight excluding hydrogens is 302 g/mol. The Balaban J connectivity index is 1.94. The van der Waals surface area contributed by atoms with Crippen LogP contribution in [0.25, 0.3) is 18.5 Å². The first-order valence-corrected chi connectivity index (χ1v) is 7.49. The normalized spacial score (nSPS) is 11.5. The number of hydrogen-bond acceptors (Lipinski definition) is 3. The average molecular weight is 319 g/mol. The molecule has 0 saturated heterocycles. The van der Waals surface area contributed by atoms with Gasteiger partial charge in [-0.3, -0.25) is 14.7 Å². The van der Waals surface area contributed by atoms with Gasteiger partial charge in [-0.05, 0) is 43.3 Å². The van der Waals surface area contributed by atoms with Gasteiger partial charge in [0, 0.05) is 17.5 Å². The van der Waals surface area contributed by atoms with Crippen molar-refractivity contribution in [3.63, 3.8) is 0 Å². The molecule has 3 aromatic rings. The molecule has 0 atom stereocenters. The topological polar surface area (TPSA) is 66.9 Å². The molecule has 24 heavy (non-hydrogen) atoms. The highest BCUT2D eigenvalue weighted by Crippen LogP contribution is 2.09. The standard InChI is InChI=1S/C19H17N3O2/c1-13-18(12-20-16-10-8-15(9-11-16)14(2)23)19(24)22(21-13)17-6-4-3-5-7-17/h3-12,20-21H,1H2,2H3/b18-12-. The minimum atomic E-state index is -0.181. The van der Waals surface area contributed by atoms with E-state index in [-0.39, 0.29) is 11.3 Å². The SMILES string of the molecule is C=c1[nH]n(-c2ccccc2)c(=O)/c1=C\Nc1ccc(C(C)=O)cc1. The third-order valence-corrected chi connectivity index (χ3v) is 3.69. The fourth-order valence-corrected chi connectivity index (χ4v) is 2.36. The number of H-pyrrole nitrogens is 1. The molecule has 5 nitrogen and oxygen atoms in total. The highest BCUT2D eigenvalue weighted by Gasteiger charge is 2.04. The predicted octanol–water partition coefficient (Wildman–Crippen LogP) is 1.63. The summed E-state index contributed by atoms with van der Waals surface area (Å²) in [6, 6.07) is 16.4. The number of aromatic nitrogens is 2. The summed E-state index contributed by atoms with van der Waals surface area (Å²) in [7, 11) is 0. The Morgan fingerprint density at radius 2 is 1.79 bits per heavy atom. The summed E-state index contributed by atoms with van der Waals surface area (Å²) in [6.45, 7) is 5.41. The predicted molar refractivity (Wildman–Crippen MR) is 95.7 cm³/mol. The molecule has 120 valence electrons. The van der Waals surface area contributed by atoms with Gasteiger partial charge in [0.1, 0.15) is 0 Å². The molecule has 2 aromatic carbocycles. The first-order valence-electron chi connectivity index (χ1n) is 7.49. The van der Waals surface area contributed by atoms with E-state index in [2.05, 4.69) is 17.0 Å². The number of para-hydroxylation sites is 1. The molecule has 0 aliphatic rings. The van der Waals surface area contributed by atoms with Crippen molar-refractivity contribution in [3.05, 3.63) is 81.1 Å².